The fraction of sp³-hybridized carbons (Fsp3) is 0.471. The van der Waals surface area contributed by atoms with Crippen LogP contribution in [-0.4, -0.2) is 43.8 Å². The van der Waals surface area contributed by atoms with E-state index in [9.17, 15) is 0 Å². The van der Waals surface area contributed by atoms with E-state index >= 15 is 0 Å². The molecule has 1 aliphatic heterocycles. The Bertz CT molecular complexity index is 834. The molecule has 3 aromatic rings. The maximum atomic E-state index is 5.44. The average Bonchev–Trinajstić information content (AvgIpc) is 3.33. The van der Waals surface area contributed by atoms with Gasteiger partial charge in [-0.3, -0.25) is 9.88 Å². The van der Waals surface area contributed by atoms with Crippen LogP contribution in [0.5, 0.6) is 0 Å². The van der Waals surface area contributed by atoms with Gasteiger partial charge in [0.25, 0.3) is 0 Å². The van der Waals surface area contributed by atoms with E-state index in [0.717, 1.165) is 25.8 Å². The van der Waals surface area contributed by atoms with Crippen LogP contribution in [-0.2, 0) is 17.9 Å². The van der Waals surface area contributed by atoms with E-state index in [-0.39, 0.29) is 6.04 Å². The third-order valence-electron chi connectivity index (χ3n) is 4.36. The van der Waals surface area contributed by atoms with Gasteiger partial charge in [0.15, 0.2) is 5.82 Å². The Morgan fingerprint density at radius 2 is 2.15 bits per heavy atom. The van der Waals surface area contributed by atoms with Crippen LogP contribution >= 0.6 is 0 Å². The molecule has 0 N–H and O–H groups in total. The molecule has 1 atom stereocenters. The number of aromatic nitrogens is 5. The molecule has 9 nitrogen and oxygen atoms in total. The Labute approximate surface area is 150 Å². The Kier molecular flexibility index (Phi) is 4.98. The number of piperidine rings is 1. The number of pyridine rings is 1. The molecule has 1 aliphatic rings. The molecule has 9 heteroatoms. The van der Waals surface area contributed by atoms with Crippen LogP contribution in [0, 0.1) is 0 Å². The van der Waals surface area contributed by atoms with Gasteiger partial charge in [0.05, 0.1) is 12.6 Å². The van der Waals surface area contributed by atoms with Crippen molar-refractivity contribution in [1.29, 1.82) is 0 Å². The zero-order valence-corrected chi connectivity index (χ0v) is 14.5. The molecule has 1 unspecified atom stereocenters. The highest BCUT2D eigenvalue weighted by atomic mass is 16.5. The Hall–Kier alpha value is -2.65. The summed E-state index contributed by atoms with van der Waals surface area (Å²) < 4.78 is 15.9. The lowest BCUT2D eigenvalue weighted by atomic mass is 10.0. The van der Waals surface area contributed by atoms with E-state index in [1.54, 1.807) is 13.3 Å². The molecule has 4 rings (SSSR count). The zero-order valence-electron chi connectivity index (χ0n) is 14.5. The lowest BCUT2D eigenvalue weighted by molar-refractivity contribution is 0.0985. The highest BCUT2D eigenvalue weighted by molar-refractivity contribution is 5.46. The van der Waals surface area contributed by atoms with Crippen LogP contribution in [0.25, 0.3) is 11.5 Å². The minimum Gasteiger partial charge on any atom is -0.377 e. The molecule has 0 aliphatic carbocycles. The van der Waals surface area contributed by atoms with Gasteiger partial charge < -0.3 is 13.8 Å². The highest BCUT2D eigenvalue weighted by Crippen LogP contribution is 2.31. The van der Waals surface area contributed by atoms with Gasteiger partial charge in [-0.1, -0.05) is 22.8 Å². The average molecular weight is 356 g/mol. The first-order chi connectivity index (χ1) is 12.8. The summed E-state index contributed by atoms with van der Waals surface area (Å²) in [5.41, 5.74) is 0.693. The first-order valence-electron chi connectivity index (χ1n) is 8.63. The highest BCUT2D eigenvalue weighted by Gasteiger charge is 2.30. The number of likely N-dealkylation sites (tertiary alicyclic amines) is 1. The van der Waals surface area contributed by atoms with Gasteiger partial charge in [-0.05, 0) is 31.5 Å². The minimum atomic E-state index is 0.0482. The third-order valence-corrected chi connectivity index (χ3v) is 4.36. The number of nitrogens with zero attached hydrogens (tertiary/aromatic N) is 6. The summed E-state index contributed by atoms with van der Waals surface area (Å²) in [4.78, 5) is 15.4. The Morgan fingerprint density at radius 3 is 3.00 bits per heavy atom. The largest absolute Gasteiger partial charge is 0.377 e. The summed E-state index contributed by atoms with van der Waals surface area (Å²) in [5, 5.41) is 8.00. The van der Waals surface area contributed by atoms with Crippen LogP contribution in [0.1, 0.15) is 42.9 Å². The van der Waals surface area contributed by atoms with Gasteiger partial charge in [-0.2, -0.15) is 9.97 Å². The first-order valence-corrected chi connectivity index (χ1v) is 8.63. The van der Waals surface area contributed by atoms with E-state index < -0.39 is 0 Å². The van der Waals surface area contributed by atoms with Crippen molar-refractivity contribution < 1.29 is 13.8 Å². The SMILES string of the molecule is COCc1noc(C2CCCCN2Cc2nc(-c3ccccn3)no2)n1. The molecule has 3 aromatic heterocycles. The molecule has 136 valence electrons. The zero-order chi connectivity index (χ0) is 17.8. The topological polar surface area (TPSA) is 103 Å². The number of methoxy groups -OCH3 is 1. The van der Waals surface area contributed by atoms with Crippen molar-refractivity contribution in [3.05, 3.63) is 42.0 Å². The molecule has 1 fully saturated rings. The van der Waals surface area contributed by atoms with E-state index in [0.29, 0.717) is 42.3 Å². The summed E-state index contributed by atoms with van der Waals surface area (Å²) in [5.74, 6) is 2.22. The van der Waals surface area contributed by atoms with Crippen molar-refractivity contribution in [3.63, 3.8) is 0 Å². The smallest absolute Gasteiger partial charge is 0.244 e. The molecule has 0 spiro atoms. The van der Waals surface area contributed by atoms with Gasteiger partial charge in [0.2, 0.25) is 17.6 Å². The Balaban J connectivity index is 1.49. The van der Waals surface area contributed by atoms with Gasteiger partial charge >= 0.3 is 0 Å². The van der Waals surface area contributed by atoms with Crippen LogP contribution in [0.2, 0.25) is 0 Å². The Morgan fingerprint density at radius 1 is 1.19 bits per heavy atom. The summed E-state index contributed by atoms with van der Waals surface area (Å²) in [6.45, 7) is 1.79. The molecule has 4 heterocycles. The quantitative estimate of drug-likeness (QED) is 0.658. The molecule has 0 saturated carbocycles. The van der Waals surface area contributed by atoms with E-state index in [1.807, 2.05) is 18.2 Å². The van der Waals surface area contributed by atoms with Crippen molar-refractivity contribution >= 4 is 0 Å². The maximum absolute atomic E-state index is 5.44. The molecule has 0 aromatic carbocycles. The lowest BCUT2D eigenvalue weighted by Gasteiger charge is -2.31. The normalized spacial score (nSPS) is 18.3. The number of rotatable bonds is 6. The maximum Gasteiger partial charge on any atom is 0.244 e. The van der Waals surface area contributed by atoms with Crippen molar-refractivity contribution in [2.45, 2.75) is 38.5 Å². The van der Waals surface area contributed by atoms with E-state index in [4.69, 9.17) is 13.8 Å². The summed E-state index contributed by atoms with van der Waals surface area (Å²) >= 11 is 0. The van der Waals surface area contributed by atoms with Crippen molar-refractivity contribution in [2.24, 2.45) is 0 Å². The fourth-order valence-electron chi connectivity index (χ4n) is 3.14. The summed E-state index contributed by atoms with van der Waals surface area (Å²) in [7, 11) is 1.61. The molecule has 0 bridgehead atoms. The monoisotopic (exact) mass is 356 g/mol. The summed E-state index contributed by atoms with van der Waals surface area (Å²) in [6, 6.07) is 5.65. The molecule has 0 amide bonds. The van der Waals surface area contributed by atoms with Gasteiger partial charge in [-0.25, -0.2) is 0 Å². The predicted molar refractivity (Wildman–Crippen MR) is 89.5 cm³/mol. The first kappa shape index (κ1) is 16.8. The molecular formula is C17H20N6O3. The summed E-state index contributed by atoms with van der Waals surface area (Å²) in [6.07, 6.45) is 4.89. The minimum absolute atomic E-state index is 0.0482. The second-order valence-electron chi connectivity index (χ2n) is 6.19. The van der Waals surface area contributed by atoms with Crippen LogP contribution in [0.3, 0.4) is 0 Å². The van der Waals surface area contributed by atoms with Gasteiger partial charge in [0.1, 0.15) is 12.3 Å². The third kappa shape index (κ3) is 3.63. The lowest BCUT2D eigenvalue weighted by Crippen LogP contribution is -2.33. The van der Waals surface area contributed by atoms with E-state index in [1.165, 1.54) is 0 Å². The molecular weight excluding hydrogens is 336 g/mol. The van der Waals surface area contributed by atoms with Gasteiger partial charge in [0, 0.05) is 13.3 Å². The van der Waals surface area contributed by atoms with E-state index in [2.05, 4.69) is 30.2 Å². The standard InChI is InChI=1S/C17H20N6O3/c1-24-11-14-19-17(26-21-14)13-7-3-5-9-23(13)10-15-20-16(22-25-15)12-6-2-4-8-18-12/h2,4,6,8,13H,3,5,7,9-11H2,1H3. The number of hydrogen-bond acceptors (Lipinski definition) is 9. The van der Waals surface area contributed by atoms with Crippen molar-refractivity contribution in [2.75, 3.05) is 13.7 Å². The molecule has 26 heavy (non-hydrogen) atoms. The molecule has 0 radical (unpaired) electrons. The second-order valence-corrected chi connectivity index (χ2v) is 6.19. The fourth-order valence-corrected chi connectivity index (χ4v) is 3.14. The van der Waals surface area contributed by atoms with Gasteiger partial charge in [-0.15, -0.1) is 0 Å². The van der Waals surface area contributed by atoms with Crippen molar-refractivity contribution in [1.82, 2.24) is 30.2 Å². The number of hydrogen-bond donors (Lipinski definition) is 0. The number of ether oxygens (including phenoxy) is 1. The second kappa shape index (κ2) is 7.71. The van der Waals surface area contributed by atoms with Crippen LogP contribution in [0.15, 0.2) is 33.4 Å². The van der Waals surface area contributed by atoms with Crippen LogP contribution in [0.4, 0.5) is 0 Å². The predicted octanol–water partition coefficient (Wildman–Crippen LogP) is 2.39. The van der Waals surface area contributed by atoms with Crippen LogP contribution < -0.4 is 0 Å². The van der Waals surface area contributed by atoms with Crippen molar-refractivity contribution in [3.8, 4) is 11.5 Å². The molecule has 1 saturated heterocycles.